The number of carbonyl (C=O) groups excluding carboxylic acids is 1. The van der Waals surface area contributed by atoms with E-state index in [1.807, 2.05) is 29.6 Å². The van der Waals surface area contributed by atoms with Gasteiger partial charge in [-0.15, -0.1) is 0 Å². The summed E-state index contributed by atoms with van der Waals surface area (Å²) >= 11 is 0. The number of piperidine rings is 1. The SMILES string of the molecule is CC(=O)N1C[C@@H]2C[C@H](C1)c1ccc(NCc3ccc(N(C)C)cc3)c(=O)n1C2. The van der Waals surface area contributed by atoms with E-state index in [1.54, 1.807) is 6.92 Å². The van der Waals surface area contributed by atoms with Crippen LogP contribution in [0.1, 0.15) is 30.5 Å². The number of anilines is 2. The third-order valence-electron chi connectivity index (χ3n) is 5.99. The molecule has 148 valence electrons. The Kier molecular flexibility index (Phi) is 4.87. The zero-order valence-electron chi connectivity index (χ0n) is 16.8. The largest absolute Gasteiger partial charge is 0.378 e. The van der Waals surface area contributed by atoms with E-state index in [0.717, 1.165) is 36.5 Å². The molecule has 28 heavy (non-hydrogen) atoms. The summed E-state index contributed by atoms with van der Waals surface area (Å²) in [4.78, 5) is 28.8. The zero-order chi connectivity index (χ0) is 19.8. The highest BCUT2D eigenvalue weighted by Crippen LogP contribution is 2.35. The minimum Gasteiger partial charge on any atom is -0.378 e. The number of rotatable bonds is 4. The van der Waals surface area contributed by atoms with Crippen LogP contribution in [0.25, 0.3) is 0 Å². The topological polar surface area (TPSA) is 57.6 Å². The fourth-order valence-electron chi connectivity index (χ4n) is 4.45. The van der Waals surface area contributed by atoms with Crippen LogP contribution in [0.2, 0.25) is 0 Å². The molecular formula is C22H28N4O2. The van der Waals surface area contributed by atoms with E-state index >= 15 is 0 Å². The summed E-state index contributed by atoms with van der Waals surface area (Å²) in [5.41, 5.74) is 4.05. The quantitative estimate of drug-likeness (QED) is 0.885. The summed E-state index contributed by atoms with van der Waals surface area (Å²) in [5, 5.41) is 3.31. The van der Waals surface area contributed by atoms with Crippen LogP contribution in [-0.4, -0.2) is 42.6 Å². The van der Waals surface area contributed by atoms with Crippen molar-refractivity contribution in [2.75, 3.05) is 37.4 Å². The molecule has 2 atom stereocenters. The minimum absolute atomic E-state index is 0.0494. The highest BCUT2D eigenvalue weighted by atomic mass is 16.2. The number of nitrogens with zero attached hydrogens (tertiary/aromatic N) is 3. The Labute approximate surface area is 165 Å². The average molecular weight is 380 g/mol. The minimum atomic E-state index is 0.0494. The first-order valence-corrected chi connectivity index (χ1v) is 9.91. The molecule has 2 aromatic rings. The molecule has 1 amide bonds. The van der Waals surface area contributed by atoms with Gasteiger partial charge in [-0.3, -0.25) is 9.59 Å². The molecule has 0 saturated carbocycles. The first-order valence-electron chi connectivity index (χ1n) is 9.91. The molecule has 1 fully saturated rings. The van der Waals surface area contributed by atoms with Crippen LogP contribution in [0.3, 0.4) is 0 Å². The predicted octanol–water partition coefficient (Wildman–Crippen LogP) is 2.49. The maximum atomic E-state index is 13.0. The van der Waals surface area contributed by atoms with Gasteiger partial charge in [-0.2, -0.15) is 0 Å². The van der Waals surface area contributed by atoms with Crippen molar-refractivity contribution < 1.29 is 4.79 Å². The van der Waals surface area contributed by atoms with Crippen molar-refractivity contribution in [3.8, 4) is 0 Å². The van der Waals surface area contributed by atoms with E-state index in [2.05, 4.69) is 40.5 Å². The van der Waals surface area contributed by atoms with E-state index < -0.39 is 0 Å². The van der Waals surface area contributed by atoms with Gasteiger partial charge < -0.3 is 19.7 Å². The molecule has 0 aliphatic carbocycles. The van der Waals surface area contributed by atoms with Crippen LogP contribution in [0, 0.1) is 5.92 Å². The molecule has 2 bridgehead atoms. The van der Waals surface area contributed by atoms with Gasteiger partial charge in [0.2, 0.25) is 5.91 Å². The maximum absolute atomic E-state index is 13.0. The molecule has 6 nitrogen and oxygen atoms in total. The molecule has 0 unspecified atom stereocenters. The van der Waals surface area contributed by atoms with Crippen LogP contribution in [0.5, 0.6) is 0 Å². The fraction of sp³-hybridized carbons (Fsp3) is 0.455. The van der Waals surface area contributed by atoms with Crippen molar-refractivity contribution >= 4 is 17.3 Å². The normalized spacial score (nSPS) is 20.5. The number of nitrogens with one attached hydrogen (secondary N) is 1. The Morgan fingerprint density at radius 2 is 1.86 bits per heavy atom. The van der Waals surface area contributed by atoms with Gasteiger partial charge in [0.25, 0.3) is 5.56 Å². The smallest absolute Gasteiger partial charge is 0.274 e. The van der Waals surface area contributed by atoms with Crippen molar-refractivity contribution in [3.05, 3.63) is 58.0 Å². The highest BCUT2D eigenvalue weighted by molar-refractivity contribution is 5.73. The molecule has 0 radical (unpaired) electrons. The summed E-state index contributed by atoms with van der Waals surface area (Å²) in [6.07, 6.45) is 1.06. The predicted molar refractivity (Wildman–Crippen MR) is 112 cm³/mol. The van der Waals surface area contributed by atoms with Crippen LogP contribution in [0.15, 0.2) is 41.2 Å². The van der Waals surface area contributed by atoms with Crippen LogP contribution < -0.4 is 15.8 Å². The summed E-state index contributed by atoms with van der Waals surface area (Å²) < 4.78 is 1.92. The summed E-state index contributed by atoms with van der Waals surface area (Å²) in [5.74, 6) is 0.752. The highest BCUT2D eigenvalue weighted by Gasteiger charge is 2.35. The third-order valence-corrected chi connectivity index (χ3v) is 5.99. The summed E-state index contributed by atoms with van der Waals surface area (Å²) in [7, 11) is 4.04. The molecule has 1 aromatic heterocycles. The first kappa shape index (κ1) is 18.6. The number of carbonyl (C=O) groups is 1. The van der Waals surface area contributed by atoms with Crippen LogP contribution in [0.4, 0.5) is 11.4 Å². The number of aromatic nitrogens is 1. The van der Waals surface area contributed by atoms with Crippen molar-refractivity contribution in [1.29, 1.82) is 0 Å². The monoisotopic (exact) mass is 380 g/mol. The number of pyridine rings is 1. The van der Waals surface area contributed by atoms with Gasteiger partial charge in [-0.25, -0.2) is 0 Å². The van der Waals surface area contributed by atoms with Gasteiger partial charge in [0.15, 0.2) is 0 Å². The van der Waals surface area contributed by atoms with Gasteiger partial charge in [-0.05, 0) is 42.2 Å². The standard InChI is InChI=1S/C22H28N4O2/c1-15(27)25-12-17-10-18(14-25)21-9-8-20(22(28)26(21)13-17)23-11-16-4-6-19(7-5-16)24(2)3/h4-9,17-18,23H,10-14H2,1-3H3/t17-,18+/m0/s1. The number of fused-ring (bicyclic) bond motifs is 4. The lowest BCUT2D eigenvalue weighted by Gasteiger charge is -2.42. The molecule has 3 heterocycles. The van der Waals surface area contributed by atoms with Crippen LogP contribution >= 0.6 is 0 Å². The molecule has 6 heteroatoms. The molecule has 4 rings (SSSR count). The number of benzene rings is 1. The second-order valence-corrected chi connectivity index (χ2v) is 8.22. The Morgan fingerprint density at radius 1 is 1.11 bits per heavy atom. The van der Waals surface area contributed by atoms with E-state index in [0.29, 0.717) is 24.7 Å². The second-order valence-electron chi connectivity index (χ2n) is 8.22. The Balaban J connectivity index is 1.51. The Bertz CT molecular complexity index is 933. The third kappa shape index (κ3) is 3.51. The van der Waals surface area contributed by atoms with E-state index in [-0.39, 0.29) is 17.4 Å². The second kappa shape index (κ2) is 7.34. The van der Waals surface area contributed by atoms with Crippen molar-refractivity contribution in [3.63, 3.8) is 0 Å². The first-order chi connectivity index (χ1) is 13.4. The Morgan fingerprint density at radius 3 is 2.54 bits per heavy atom. The zero-order valence-corrected chi connectivity index (χ0v) is 16.8. The van der Waals surface area contributed by atoms with E-state index in [1.165, 1.54) is 0 Å². The molecule has 1 saturated heterocycles. The van der Waals surface area contributed by atoms with Crippen molar-refractivity contribution in [2.24, 2.45) is 5.92 Å². The summed E-state index contributed by atoms with van der Waals surface area (Å²) in [6.45, 7) is 4.42. The number of amides is 1. The van der Waals surface area contributed by atoms with Gasteiger partial charge in [0.1, 0.15) is 5.69 Å². The molecule has 2 aliphatic heterocycles. The molecule has 1 N–H and O–H groups in total. The lowest BCUT2D eigenvalue weighted by molar-refractivity contribution is -0.131. The van der Waals surface area contributed by atoms with Gasteiger partial charge in [-0.1, -0.05) is 12.1 Å². The van der Waals surface area contributed by atoms with E-state index in [4.69, 9.17) is 0 Å². The van der Waals surface area contributed by atoms with Gasteiger partial charge in [0.05, 0.1) is 0 Å². The van der Waals surface area contributed by atoms with Crippen molar-refractivity contribution in [2.45, 2.75) is 32.4 Å². The Hall–Kier alpha value is -2.76. The maximum Gasteiger partial charge on any atom is 0.274 e. The molecule has 0 spiro atoms. The van der Waals surface area contributed by atoms with Gasteiger partial charge >= 0.3 is 0 Å². The number of hydrogen-bond donors (Lipinski definition) is 1. The molecule has 1 aromatic carbocycles. The van der Waals surface area contributed by atoms with Crippen LogP contribution in [-0.2, 0) is 17.9 Å². The van der Waals surface area contributed by atoms with Gasteiger partial charge in [0, 0.05) is 64.5 Å². The number of hydrogen-bond acceptors (Lipinski definition) is 4. The van der Waals surface area contributed by atoms with E-state index in [9.17, 15) is 9.59 Å². The fourth-order valence-corrected chi connectivity index (χ4v) is 4.45. The number of likely N-dealkylation sites (tertiary alicyclic amines) is 1. The average Bonchev–Trinajstić information content (AvgIpc) is 2.68. The summed E-state index contributed by atoms with van der Waals surface area (Å²) in [6, 6.07) is 12.3. The molecular weight excluding hydrogens is 352 g/mol. The lowest BCUT2D eigenvalue weighted by Crippen LogP contribution is -2.48. The van der Waals surface area contributed by atoms with Crippen molar-refractivity contribution in [1.82, 2.24) is 9.47 Å². The molecule has 2 aliphatic rings. The lowest BCUT2D eigenvalue weighted by atomic mass is 9.83.